The van der Waals surface area contributed by atoms with E-state index < -0.39 is 0 Å². The van der Waals surface area contributed by atoms with E-state index in [4.69, 9.17) is 0 Å². The Balaban J connectivity index is 1.73. The Bertz CT molecular complexity index is 505. The van der Waals surface area contributed by atoms with Gasteiger partial charge in [0, 0.05) is 17.0 Å². The molecule has 3 rings (SSSR count). The summed E-state index contributed by atoms with van der Waals surface area (Å²) in [5, 5.41) is 6.05. The first kappa shape index (κ1) is 13.8. The van der Waals surface area contributed by atoms with E-state index in [-0.39, 0.29) is 0 Å². The van der Waals surface area contributed by atoms with E-state index >= 15 is 0 Å². The lowest BCUT2D eigenvalue weighted by Gasteiger charge is -2.34. The molecule has 2 aromatic rings. The molecule has 106 valence electrons. The highest BCUT2D eigenvalue weighted by atomic mass is 32.1. The summed E-state index contributed by atoms with van der Waals surface area (Å²) in [5.74, 6) is 0.673. The van der Waals surface area contributed by atoms with E-state index in [2.05, 4.69) is 60.1 Å². The maximum atomic E-state index is 3.88. The van der Waals surface area contributed by atoms with Crippen LogP contribution in [0.5, 0.6) is 0 Å². The molecule has 1 aromatic heterocycles. The molecule has 1 N–H and O–H groups in total. The predicted molar refractivity (Wildman–Crippen MR) is 87.3 cm³/mol. The molecule has 1 aromatic carbocycles. The third-order valence-electron chi connectivity index (χ3n) is 4.43. The summed E-state index contributed by atoms with van der Waals surface area (Å²) >= 11 is 1.85. The lowest BCUT2D eigenvalue weighted by atomic mass is 9.79. The standard InChI is InChI=1S/C18H23NS/c1-14(18-12-7-13-20-18)19-17-11-6-5-10-16(17)15-8-3-2-4-9-15/h2-4,7-9,12-14,16-17,19H,5-6,10-11H2,1H3/t14-,16?,17?/m0/s1. The number of hydrogen-bond donors (Lipinski definition) is 1. The highest BCUT2D eigenvalue weighted by Crippen LogP contribution is 2.34. The molecule has 0 spiro atoms. The summed E-state index contributed by atoms with van der Waals surface area (Å²) in [7, 11) is 0. The molecular formula is C18H23NS. The smallest absolute Gasteiger partial charge is 0.0388 e. The molecule has 1 heterocycles. The van der Waals surface area contributed by atoms with Crippen LogP contribution in [0.25, 0.3) is 0 Å². The second kappa shape index (κ2) is 6.55. The van der Waals surface area contributed by atoms with E-state index in [0.29, 0.717) is 18.0 Å². The van der Waals surface area contributed by atoms with Crippen molar-refractivity contribution >= 4 is 11.3 Å². The zero-order valence-corrected chi connectivity index (χ0v) is 12.9. The van der Waals surface area contributed by atoms with Gasteiger partial charge in [0.2, 0.25) is 0 Å². The first-order valence-corrected chi connectivity index (χ1v) is 8.57. The normalized spacial score (nSPS) is 24.4. The van der Waals surface area contributed by atoms with Gasteiger partial charge in [0.1, 0.15) is 0 Å². The molecule has 1 aliphatic rings. The van der Waals surface area contributed by atoms with Crippen molar-refractivity contribution < 1.29 is 0 Å². The van der Waals surface area contributed by atoms with Crippen LogP contribution in [0.2, 0.25) is 0 Å². The molecule has 0 bridgehead atoms. The number of rotatable bonds is 4. The Morgan fingerprint density at radius 1 is 1.05 bits per heavy atom. The van der Waals surface area contributed by atoms with E-state index in [0.717, 1.165) is 0 Å². The molecule has 0 amide bonds. The lowest BCUT2D eigenvalue weighted by Crippen LogP contribution is -2.38. The number of hydrogen-bond acceptors (Lipinski definition) is 2. The first-order valence-electron chi connectivity index (χ1n) is 7.69. The van der Waals surface area contributed by atoms with Crippen LogP contribution >= 0.6 is 11.3 Å². The summed E-state index contributed by atoms with van der Waals surface area (Å²) in [6.07, 6.45) is 5.34. The summed E-state index contributed by atoms with van der Waals surface area (Å²) < 4.78 is 0. The molecule has 20 heavy (non-hydrogen) atoms. The van der Waals surface area contributed by atoms with Gasteiger partial charge in [-0.2, -0.15) is 0 Å². The largest absolute Gasteiger partial charge is 0.306 e. The third-order valence-corrected chi connectivity index (χ3v) is 5.48. The Labute approximate surface area is 126 Å². The van der Waals surface area contributed by atoms with Crippen molar-refractivity contribution in [3.8, 4) is 0 Å². The number of nitrogens with one attached hydrogen (secondary N) is 1. The van der Waals surface area contributed by atoms with Crippen LogP contribution in [-0.2, 0) is 0 Å². The highest BCUT2D eigenvalue weighted by molar-refractivity contribution is 7.10. The monoisotopic (exact) mass is 285 g/mol. The molecule has 1 aliphatic carbocycles. The average Bonchev–Trinajstić information content (AvgIpc) is 3.03. The lowest BCUT2D eigenvalue weighted by molar-refractivity contribution is 0.307. The van der Waals surface area contributed by atoms with E-state index in [9.17, 15) is 0 Å². The van der Waals surface area contributed by atoms with Crippen molar-refractivity contribution in [2.45, 2.75) is 50.6 Å². The molecule has 3 atom stereocenters. The van der Waals surface area contributed by atoms with E-state index in [1.165, 1.54) is 36.1 Å². The fourth-order valence-corrected chi connectivity index (χ4v) is 4.11. The number of benzene rings is 1. The van der Waals surface area contributed by atoms with Crippen molar-refractivity contribution in [3.05, 3.63) is 58.3 Å². The van der Waals surface area contributed by atoms with Gasteiger partial charge in [0.05, 0.1) is 0 Å². The van der Waals surface area contributed by atoms with Crippen LogP contribution in [0.3, 0.4) is 0 Å². The zero-order valence-electron chi connectivity index (χ0n) is 12.1. The van der Waals surface area contributed by atoms with Crippen LogP contribution < -0.4 is 5.32 Å². The van der Waals surface area contributed by atoms with Crippen molar-refractivity contribution in [1.29, 1.82) is 0 Å². The Kier molecular flexibility index (Phi) is 4.54. The van der Waals surface area contributed by atoms with Crippen molar-refractivity contribution in [1.82, 2.24) is 5.32 Å². The topological polar surface area (TPSA) is 12.0 Å². The maximum absolute atomic E-state index is 3.88. The zero-order chi connectivity index (χ0) is 13.8. The molecular weight excluding hydrogens is 262 g/mol. The molecule has 0 aliphatic heterocycles. The minimum atomic E-state index is 0.462. The van der Waals surface area contributed by atoms with E-state index in [1.54, 1.807) is 0 Å². The minimum Gasteiger partial charge on any atom is -0.306 e. The minimum absolute atomic E-state index is 0.462. The van der Waals surface area contributed by atoms with Crippen LogP contribution in [0.4, 0.5) is 0 Å². The molecule has 1 fully saturated rings. The molecule has 2 heteroatoms. The summed E-state index contributed by atoms with van der Waals surface area (Å²) in [5.41, 5.74) is 1.50. The second-order valence-electron chi connectivity index (χ2n) is 5.81. The number of thiophene rings is 1. The van der Waals surface area contributed by atoms with Gasteiger partial charge in [-0.3, -0.25) is 0 Å². The van der Waals surface area contributed by atoms with Gasteiger partial charge in [-0.15, -0.1) is 11.3 Å². The summed E-state index contributed by atoms with van der Waals surface area (Å²) in [4.78, 5) is 1.45. The SMILES string of the molecule is C[C@H](NC1CCCCC1c1ccccc1)c1cccs1. The summed E-state index contributed by atoms with van der Waals surface area (Å²) in [6.45, 7) is 2.29. The van der Waals surface area contributed by atoms with Gasteiger partial charge >= 0.3 is 0 Å². The van der Waals surface area contributed by atoms with Gasteiger partial charge in [-0.1, -0.05) is 49.2 Å². The van der Waals surface area contributed by atoms with Gasteiger partial charge in [0.25, 0.3) is 0 Å². The highest BCUT2D eigenvalue weighted by Gasteiger charge is 2.27. The van der Waals surface area contributed by atoms with Crippen molar-refractivity contribution in [3.63, 3.8) is 0 Å². The van der Waals surface area contributed by atoms with Crippen LogP contribution in [0, 0.1) is 0 Å². The predicted octanol–water partition coefficient (Wildman–Crippen LogP) is 5.13. The van der Waals surface area contributed by atoms with Crippen LogP contribution in [0.15, 0.2) is 47.8 Å². The van der Waals surface area contributed by atoms with E-state index in [1.807, 2.05) is 11.3 Å². The van der Waals surface area contributed by atoms with Gasteiger partial charge in [-0.05, 0) is 42.7 Å². The van der Waals surface area contributed by atoms with Gasteiger partial charge in [-0.25, -0.2) is 0 Å². The molecule has 0 radical (unpaired) electrons. The van der Waals surface area contributed by atoms with Gasteiger partial charge in [0.15, 0.2) is 0 Å². The molecule has 2 unspecified atom stereocenters. The molecule has 1 saturated carbocycles. The van der Waals surface area contributed by atoms with Gasteiger partial charge < -0.3 is 5.32 Å². The third kappa shape index (κ3) is 3.13. The molecule has 1 nitrogen and oxygen atoms in total. The van der Waals surface area contributed by atoms with Crippen molar-refractivity contribution in [2.24, 2.45) is 0 Å². The quantitative estimate of drug-likeness (QED) is 0.821. The van der Waals surface area contributed by atoms with Crippen LogP contribution in [0.1, 0.15) is 55.0 Å². The van der Waals surface area contributed by atoms with Crippen molar-refractivity contribution in [2.75, 3.05) is 0 Å². The molecule has 0 saturated heterocycles. The average molecular weight is 285 g/mol. The fourth-order valence-electron chi connectivity index (χ4n) is 3.37. The maximum Gasteiger partial charge on any atom is 0.0388 e. The Morgan fingerprint density at radius 3 is 2.60 bits per heavy atom. The fraction of sp³-hybridized carbons (Fsp3) is 0.444. The Morgan fingerprint density at radius 2 is 1.85 bits per heavy atom. The Hall–Kier alpha value is -1.12. The summed E-state index contributed by atoms with van der Waals surface area (Å²) in [6, 6.07) is 16.5. The second-order valence-corrected chi connectivity index (χ2v) is 6.79. The van der Waals surface area contributed by atoms with Crippen LogP contribution in [-0.4, -0.2) is 6.04 Å². The first-order chi connectivity index (χ1) is 9.84.